The maximum atomic E-state index is 12.1. The first-order valence-corrected chi connectivity index (χ1v) is 8.27. The van der Waals surface area contributed by atoms with Crippen LogP contribution in [0.1, 0.15) is 16.1 Å². The molecular weight excluding hydrogens is 336 g/mol. The largest absolute Gasteiger partial charge is 0.478 e. The number of nitrogens with one attached hydrogen (secondary N) is 1. The summed E-state index contributed by atoms with van der Waals surface area (Å²) >= 11 is 0. The molecule has 0 radical (unpaired) electrons. The zero-order valence-corrected chi connectivity index (χ0v) is 13.0. The van der Waals surface area contributed by atoms with E-state index in [1.54, 1.807) is 6.07 Å². The molecule has 0 amide bonds. The topological polar surface area (TPSA) is 123 Å². The Balaban J connectivity index is 1.75. The molecule has 0 saturated carbocycles. The first kappa shape index (κ1) is 16.0. The Morgan fingerprint density at radius 1 is 1.21 bits per heavy atom. The smallest absolute Gasteiger partial charge is 0.340 e. The molecule has 3 aromatic rings. The fourth-order valence-corrected chi connectivity index (χ4v) is 3.13. The molecule has 0 bridgehead atoms. The third-order valence-corrected chi connectivity index (χ3v) is 4.50. The van der Waals surface area contributed by atoms with Gasteiger partial charge >= 0.3 is 5.97 Å². The highest BCUT2D eigenvalue weighted by atomic mass is 32.2. The van der Waals surface area contributed by atoms with Crippen molar-refractivity contribution in [2.75, 3.05) is 0 Å². The first-order valence-electron chi connectivity index (χ1n) is 6.79. The number of aromatic carboxylic acids is 1. The Morgan fingerprint density at radius 2 is 1.96 bits per heavy atom. The van der Waals surface area contributed by atoms with Crippen LogP contribution in [0.5, 0.6) is 0 Å². The average molecular weight is 348 g/mol. The van der Waals surface area contributed by atoms with Gasteiger partial charge < -0.3 is 14.0 Å². The summed E-state index contributed by atoms with van der Waals surface area (Å²) in [7, 11) is -4.13. The summed E-state index contributed by atoms with van der Waals surface area (Å²) in [6.45, 7) is -0.193. The van der Waals surface area contributed by atoms with Crippen LogP contribution in [0.4, 0.5) is 0 Å². The van der Waals surface area contributed by atoms with E-state index >= 15 is 0 Å². The molecule has 24 heavy (non-hydrogen) atoms. The molecule has 9 heteroatoms. The lowest BCUT2D eigenvalue weighted by molar-refractivity contribution is 0.0689. The minimum Gasteiger partial charge on any atom is -0.478 e. The molecule has 8 nitrogen and oxygen atoms in total. The number of carbonyl (C=O) groups is 1. The summed E-state index contributed by atoms with van der Waals surface area (Å²) < 4.78 is 36.4. The van der Waals surface area contributed by atoms with Gasteiger partial charge in [0.15, 0.2) is 5.76 Å². The molecule has 3 rings (SSSR count). The fourth-order valence-electron chi connectivity index (χ4n) is 2.04. The third-order valence-electron chi connectivity index (χ3n) is 3.17. The number of carboxylic acid groups (broad SMARTS) is 1. The molecule has 0 aliphatic heterocycles. The minimum absolute atomic E-state index is 0.193. The highest BCUT2D eigenvalue weighted by Gasteiger charge is 2.26. The molecular formula is C15H12N2O6S. The lowest BCUT2D eigenvalue weighted by Crippen LogP contribution is -2.24. The fraction of sp³-hybridized carbons (Fsp3) is 0.0667. The molecule has 0 aliphatic rings. The van der Waals surface area contributed by atoms with E-state index in [0.717, 1.165) is 17.9 Å². The van der Waals surface area contributed by atoms with E-state index in [1.165, 1.54) is 0 Å². The van der Waals surface area contributed by atoms with E-state index in [-0.39, 0.29) is 12.3 Å². The van der Waals surface area contributed by atoms with Gasteiger partial charge in [0.05, 0.1) is 12.8 Å². The Bertz CT molecular complexity index is 959. The standard InChI is InChI=1S/C15H12N2O6S/c18-14(19)12-6-7-22-15(12)24(20,21)16-9-11-8-13(17-23-11)10-4-2-1-3-5-10/h1-8,16H,9H2,(H,18,19). The number of benzene rings is 1. The summed E-state index contributed by atoms with van der Waals surface area (Å²) in [5.74, 6) is -1.11. The van der Waals surface area contributed by atoms with Crippen LogP contribution in [0.3, 0.4) is 0 Å². The van der Waals surface area contributed by atoms with E-state index in [9.17, 15) is 13.2 Å². The zero-order valence-electron chi connectivity index (χ0n) is 12.2. The van der Waals surface area contributed by atoms with E-state index in [2.05, 4.69) is 9.88 Å². The van der Waals surface area contributed by atoms with Gasteiger partial charge in [0, 0.05) is 11.6 Å². The van der Waals surface area contributed by atoms with Gasteiger partial charge in [-0.15, -0.1) is 0 Å². The van der Waals surface area contributed by atoms with Crippen molar-refractivity contribution in [1.29, 1.82) is 0 Å². The van der Waals surface area contributed by atoms with Crippen LogP contribution in [0.25, 0.3) is 11.3 Å². The van der Waals surface area contributed by atoms with E-state index < -0.39 is 26.6 Å². The third kappa shape index (κ3) is 3.21. The van der Waals surface area contributed by atoms with Crippen LogP contribution in [-0.2, 0) is 16.6 Å². The maximum Gasteiger partial charge on any atom is 0.340 e. The van der Waals surface area contributed by atoms with Crippen molar-refractivity contribution in [1.82, 2.24) is 9.88 Å². The molecule has 0 unspecified atom stereocenters. The normalized spacial score (nSPS) is 11.5. The number of hydrogen-bond acceptors (Lipinski definition) is 6. The van der Waals surface area contributed by atoms with Crippen LogP contribution in [0.2, 0.25) is 0 Å². The molecule has 0 saturated heterocycles. The lowest BCUT2D eigenvalue weighted by atomic mass is 10.1. The van der Waals surface area contributed by atoms with Crippen LogP contribution < -0.4 is 4.72 Å². The SMILES string of the molecule is O=C(O)c1ccoc1S(=O)(=O)NCc1cc(-c2ccccc2)no1. The van der Waals surface area contributed by atoms with Crippen LogP contribution in [0, 0.1) is 0 Å². The number of aromatic nitrogens is 1. The van der Waals surface area contributed by atoms with Crippen molar-refractivity contribution in [3.63, 3.8) is 0 Å². The maximum absolute atomic E-state index is 12.1. The summed E-state index contributed by atoms with van der Waals surface area (Å²) in [4.78, 5) is 11.0. The predicted octanol–water partition coefficient (Wildman–Crippen LogP) is 2.11. The Hall–Kier alpha value is -2.91. The Kier molecular flexibility index (Phi) is 4.19. The van der Waals surface area contributed by atoms with E-state index in [0.29, 0.717) is 5.69 Å². The number of carboxylic acids is 1. The molecule has 2 aromatic heterocycles. The lowest BCUT2D eigenvalue weighted by Gasteiger charge is -2.02. The second kappa shape index (κ2) is 6.30. The van der Waals surface area contributed by atoms with Gasteiger partial charge in [-0.1, -0.05) is 35.5 Å². The number of sulfonamides is 1. The van der Waals surface area contributed by atoms with Gasteiger partial charge in [-0.2, -0.15) is 0 Å². The van der Waals surface area contributed by atoms with Gasteiger partial charge in [0.2, 0.25) is 5.09 Å². The Labute approximate surface area is 136 Å². The second-order valence-electron chi connectivity index (χ2n) is 4.80. The number of nitrogens with zero attached hydrogens (tertiary/aromatic N) is 1. The summed E-state index contributed by atoms with van der Waals surface area (Å²) in [6, 6.07) is 11.9. The highest BCUT2D eigenvalue weighted by molar-refractivity contribution is 7.89. The summed E-state index contributed by atoms with van der Waals surface area (Å²) in [6.07, 6.45) is 1.000. The average Bonchev–Trinajstić information content (AvgIpc) is 3.23. The second-order valence-corrected chi connectivity index (χ2v) is 6.46. The van der Waals surface area contributed by atoms with E-state index in [4.69, 9.17) is 14.0 Å². The number of furan rings is 1. The molecule has 0 atom stereocenters. The van der Waals surface area contributed by atoms with Crippen molar-refractivity contribution in [2.24, 2.45) is 0 Å². The van der Waals surface area contributed by atoms with Crippen LogP contribution >= 0.6 is 0 Å². The number of hydrogen-bond donors (Lipinski definition) is 2. The Morgan fingerprint density at radius 3 is 2.67 bits per heavy atom. The minimum atomic E-state index is -4.13. The van der Waals surface area contributed by atoms with Gasteiger partial charge in [0.25, 0.3) is 10.0 Å². The van der Waals surface area contributed by atoms with Gasteiger partial charge in [0.1, 0.15) is 11.3 Å². The van der Waals surface area contributed by atoms with Crippen molar-refractivity contribution < 1.29 is 27.3 Å². The molecule has 124 valence electrons. The monoisotopic (exact) mass is 348 g/mol. The molecule has 0 fully saturated rings. The number of rotatable bonds is 6. The zero-order chi connectivity index (χ0) is 17.2. The molecule has 2 heterocycles. The van der Waals surface area contributed by atoms with Crippen LogP contribution in [-0.4, -0.2) is 24.7 Å². The van der Waals surface area contributed by atoms with Gasteiger partial charge in [-0.25, -0.2) is 17.9 Å². The van der Waals surface area contributed by atoms with Crippen LogP contribution in [0.15, 0.2) is 62.8 Å². The van der Waals surface area contributed by atoms with Gasteiger partial charge in [-0.05, 0) is 6.07 Å². The van der Waals surface area contributed by atoms with Crippen molar-refractivity contribution in [2.45, 2.75) is 11.6 Å². The van der Waals surface area contributed by atoms with Gasteiger partial charge in [-0.3, -0.25) is 0 Å². The molecule has 0 spiro atoms. The van der Waals surface area contributed by atoms with E-state index in [1.807, 2.05) is 30.3 Å². The quantitative estimate of drug-likeness (QED) is 0.699. The molecule has 2 N–H and O–H groups in total. The molecule has 1 aromatic carbocycles. The molecule has 0 aliphatic carbocycles. The van der Waals surface area contributed by atoms with Crippen molar-refractivity contribution in [3.05, 3.63) is 60.1 Å². The predicted molar refractivity (Wildman–Crippen MR) is 81.6 cm³/mol. The first-order chi connectivity index (χ1) is 11.5. The summed E-state index contributed by atoms with van der Waals surface area (Å²) in [5.41, 5.74) is 0.952. The van der Waals surface area contributed by atoms with Crippen molar-refractivity contribution in [3.8, 4) is 11.3 Å². The summed E-state index contributed by atoms with van der Waals surface area (Å²) in [5, 5.41) is 12.2. The van der Waals surface area contributed by atoms with Crippen molar-refractivity contribution >= 4 is 16.0 Å². The highest BCUT2D eigenvalue weighted by Crippen LogP contribution is 2.20.